The van der Waals surface area contributed by atoms with Crippen molar-refractivity contribution in [2.75, 3.05) is 13.1 Å². The first-order valence-corrected chi connectivity index (χ1v) is 14.9. The number of nitrogens with zero attached hydrogens (tertiary/aromatic N) is 4. The zero-order valence-electron chi connectivity index (χ0n) is 26.3. The molecule has 0 saturated carbocycles. The summed E-state index contributed by atoms with van der Waals surface area (Å²) < 4.78 is 49.0. The third kappa shape index (κ3) is 7.41. The summed E-state index contributed by atoms with van der Waals surface area (Å²) in [5.41, 5.74) is -0.459. The molecule has 2 aromatic heterocycles. The van der Waals surface area contributed by atoms with E-state index in [1.165, 1.54) is 15.8 Å². The van der Waals surface area contributed by atoms with Gasteiger partial charge in [0.05, 0.1) is 23.9 Å². The minimum Gasteiger partial charge on any atom is -0.460 e. The highest BCUT2D eigenvalue weighted by molar-refractivity contribution is 5.99. The van der Waals surface area contributed by atoms with Gasteiger partial charge in [-0.05, 0) is 77.8 Å². The molecule has 0 radical (unpaired) electrons. The second kappa shape index (κ2) is 12.5. The fourth-order valence-corrected chi connectivity index (χ4v) is 5.50. The predicted octanol–water partition coefficient (Wildman–Crippen LogP) is 7.89. The zero-order chi connectivity index (χ0) is 32.5. The lowest BCUT2D eigenvalue weighted by Gasteiger charge is -2.25. The summed E-state index contributed by atoms with van der Waals surface area (Å²) in [7, 11) is 0. The SMILES string of the molecule is CC(C)(C)OC(=O)Cc1ncnc2c1c(-c1ccc(Oc3ccccc3)cc1)c(C(F)F)n2[C@@H]1CCN(C(=O)OC(C)(C)C)C1. The van der Waals surface area contributed by atoms with Crippen LogP contribution < -0.4 is 4.74 Å². The highest BCUT2D eigenvalue weighted by atomic mass is 19.3. The molecule has 0 unspecified atom stereocenters. The minimum absolute atomic E-state index is 0.160. The van der Waals surface area contributed by atoms with Crippen LogP contribution in [0.5, 0.6) is 11.5 Å². The van der Waals surface area contributed by atoms with E-state index in [0.29, 0.717) is 35.4 Å². The van der Waals surface area contributed by atoms with Crippen molar-refractivity contribution in [1.82, 2.24) is 19.4 Å². The van der Waals surface area contributed by atoms with Crippen molar-refractivity contribution in [1.29, 1.82) is 0 Å². The maximum Gasteiger partial charge on any atom is 0.410 e. The van der Waals surface area contributed by atoms with Crippen LogP contribution in [0.25, 0.3) is 22.2 Å². The molecule has 1 aliphatic heterocycles. The second-order valence-corrected chi connectivity index (χ2v) is 13.0. The number of amides is 1. The van der Waals surface area contributed by atoms with Gasteiger partial charge in [-0.25, -0.2) is 23.5 Å². The molecule has 3 heterocycles. The molecule has 1 fully saturated rings. The number of alkyl halides is 2. The molecule has 0 aliphatic carbocycles. The third-order valence-corrected chi connectivity index (χ3v) is 7.14. The second-order valence-electron chi connectivity index (χ2n) is 13.0. The quantitative estimate of drug-likeness (QED) is 0.194. The zero-order valence-corrected chi connectivity index (χ0v) is 26.3. The van der Waals surface area contributed by atoms with Gasteiger partial charge in [0, 0.05) is 24.0 Å². The van der Waals surface area contributed by atoms with Crippen LogP contribution in [-0.4, -0.2) is 55.8 Å². The molecule has 0 spiro atoms. The van der Waals surface area contributed by atoms with Crippen LogP contribution in [0.3, 0.4) is 0 Å². The van der Waals surface area contributed by atoms with Crippen molar-refractivity contribution in [2.45, 2.75) is 78.1 Å². The Morgan fingerprint density at radius 2 is 1.56 bits per heavy atom. The highest BCUT2D eigenvalue weighted by Gasteiger charge is 2.37. The number of hydrogen-bond donors (Lipinski definition) is 0. The van der Waals surface area contributed by atoms with Crippen LogP contribution in [0.1, 0.15) is 71.8 Å². The summed E-state index contributed by atoms with van der Waals surface area (Å²) >= 11 is 0. The van der Waals surface area contributed by atoms with Gasteiger partial charge in [0.2, 0.25) is 0 Å². The summed E-state index contributed by atoms with van der Waals surface area (Å²) in [6, 6.07) is 15.5. The maximum absolute atomic E-state index is 15.2. The molecule has 1 aliphatic rings. The molecule has 0 bridgehead atoms. The molecule has 1 saturated heterocycles. The molecule has 4 aromatic rings. The van der Waals surface area contributed by atoms with E-state index in [2.05, 4.69) is 9.97 Å². The number of aromatic nitrogens is 3. The Labute approximate surface area is 261 Å². The Balaban J connectivity index is 1.62. The molecule has 238 valence electrons. The summed E-state index contributed by atoms with van der Waals surface area (Å²) in [4.78, 5) is 36.2. The molecule has 1 amide bonds. The summed E-state index contributed by atoms with van der Waals surface area (Å²) in [6.07, 6.45) is -1.96. The van der Waals surface area contributed by atoms with Crippen LogP contribution in [-0.2, 0) is 20.7 Å². The van der Waals surface area contributed by atoms with Crippen molar-refractivity contribution < 1.29 is 32.6 Å². The Bertz CT molecular complexity index is 1680. The van der Waals surface area contributed by atoms with Gasteiger partial charge >= 0.3 is 12.1 Å². The highest BCUT2D eigenvalue weighted by Crippen LogP contribution is 2.44. The largest absolute Gasteiger partial charge is 0.460 e. The van der Waals surface area contributed by atoms with Crippen molar-refractivity contribution in [3.63, 3.8) is 0 Å². The molecular weight excluding hydrogens is 582 g/mol. The number of fused-ring (bicyclic) bond motifs is 1. The van der Waals surface area contributed by atoms with E-state index < -0.39 is 35.7 Å². The average molecular weight is 621 g/mol. The Morgan fingerprint density at radius 1 is 0.911 bits per heavy atom. The number of likely N-dealkylation sites (tertiary alicyclic amines) is 1. The van der Waals surface area contributed by atoms with Gasteiger partial charge in [-0.3, -0.25) is 4.79 Å². The van der Waals surface area contributed by atoms with E-state index in [4.69, 9.17) is 14.2 Å². The molecule has 45 heavy (non-hydrogen) atoms. The molecule has 9 nitrogen and oxygen atoms in total. The molecule has 11 heteroatoms. The van der Waals surface area contributed by atoms with E-state index in [-0.39, 0.29) is 35.6 Å². The lowest BCUT2D eigenvalue weighted by Crippen LogP contribution is -2.35. The Morgan fingerprint density at radius 3 is 2.18 bits per heavy atom. The van der Waals surface area contributed by atoms with Gasteiger partial charge in [0.15, 0.2) is 0 Å². The van der Waals surface area contributed by atoms with Crippen LogP contribution in [0, 0.1) is 0 Å². The predicted molar refractivity (Wildman–Crippen MR) is 165 cm³/mol. The topological polar surface area (TPSA) is 95.8 Å². The number of para-hydroxylation sites is 1. The van der Waals surface area contributed by atoms with Gasteiger partial charge in [-0.1, -0.05) is 30.3 Å². The summed E-state index contributed by atoms with van der Waals surface area (Å²) in [6.45, 7) is 11.1. The summed E-state index contributed by atoms with van der Waals surface area (Å²) in [5, 5.41) is 0.339. The number of carbonyl (C=O) groups is 2. The van der Waals surface area contributed by atoms with Gasteiger partial charge in [-0.15, -0.1) is 0 Å². The molecule has 0 N–H and O–H groups in total. The number of carbonyl (C=O) groups excluding carboxylic acids is 2. The monoisotopic (exact) mass is 620 g/mol. The number of rotatable bonds is 7. The fraction of sp³-hybridized carbons (Fsp3) is 0.412. The van der Waals surface area contributed by atoms with E-state index in [9.17, 15) is 9.59 Å². The number of esters is 1. The van der Waals surface area contributed by atoms with Gasteiger partial charge < -0.3 is 23.7 Å². The number of halogens is 2. The van der Waals surface area contributed by atoms with Crippen LogP contribution in [0.15, 0.2) is 60.9 Å². The normalized spacial score (nSPS) is 15.5. The van der Waals surface area contributed by atoms with Gasteiger partial charge in [-0.2, -0.15) is 0 Å². The van der Waals surface area contributed by atoms with Crippen LogP contribution >= 0.6 is 0 Å². The van der Waals surface area contributed by atoms with Gasteiger partial charge in [0.25, 0.3) is 6.43 Å². The van der Waals surface area contributed by atoms with Gasteiger partial charge in [0.1, 0.15) is 34.7 Å². The van der Waals surface area contributed by atoms with Crippen molar-refractivity contribution in [2.24, 2.45) is 0 Å². The number of ether oxygens (including phenoxy) is 3. The minimum atomic E-state index is -2.90. The van der Waals surface area contributed by atoms with Crippen LogP contribution in [0.2, 0.25) is 0 Å². The number of hydrogen-bond acceptors (Lipinski definition) is 7. The van der Waals surface area contributed by atoms with E-state index >= 15 is 8.78 Å². The van der Waals surface area contributed by atoms with Crippen molar-refractivity contribution in [3.05, 3.63) is 72.3 Å². The molecular formula is C34H38F2N4O5. The van der Waals surface area contributed by atoms with E-state index in [1.807, 2.05) is 30.3 Å². The Hall–Kier alpha value is -4.54. The number of benzene rings is 2. The van der Waals surface area contributed by atoms with E-state index in [1.54, 1.807) is 65.8 Å². The average Bonchev–Trinajstić information content (AvgIpc) is 3.56. The maximum atomic E-state index is 15.2. The fourth-order valence-electron chi connectivity index (χ4n) is 5.50. The van der Waals surface area contributed by atoms with E-state index in [0.717, 1.165) is 0 Å². The third-order valence-electron chi connectivity index (χ3n) is 7.14. The lowest BCUT2D eigenvalue weighted by atomic mass is 10.0. The first-order chi connectivity index (χ1) is 21.2. The van der Waals surface area contributed by atoms with Crippen molar-refractivity contribution >= 4 is 23.1 Å². The standard InChI is InChI=1S/C34H38F2N4O5/c1-33(2,3)44-26(41)18-25-28-27(21-12-14-24(15-13-21)43-23-10-8-7-9-11-23)29(30(35)36)40(31(28)38-20-37-25)22-16-17-39(19-22)32(42)45-34(4,5)6/h7-15,20,22,30H,16-19H2,1-6H3/t22-/m1/s1. The van der Waals surface area contributed by atoms with Crippen molar-refractivity contribution in [3.8, 4) is 22.6 Å². The first kappa shape index (κ1) is 31.9. The Kier molecular flexibility index (Phi) is 8.82. The van der Waals surface area contributed by atoms with Crippen LogP contribution in [0.4, 0.5) is 13.6 Å². The lowest BCUT2D eigenvalue weighted by molar-refractivity contribution is -0.153. The first-order valence-electron chi connectivity index (χ1n) is 14.9. The molecule has 5 rings (SSSR count). The smallest absolute Gasteiger partial charge is 0.410 e. The molecule has 1 atom stereocenters. The summed E-state index contributed by atoms with van der Waals surface area (Å²) in [5.74, 6) is 0.628. The molecule has 2 aromatic carbocycles.